The zero-order valence-corrected chi connectivity index (χ0v) is 16.4. The first-order chi connectivity index (χ1) is 13.6. The van der Waals surface area contributed by atoms with Gasteiger partial charge in [-0.3, -0.25) is 14.4 Å². The number of nitrogens with two attached hydrogens (primary N) is 1. The molecular weight excluding hydrogens is 380 g/mol. The zero-order chi connectivity index (χ0) is 22.0. The molecule has 0 aliphatic rings. The van der Waals surface area contributed by atoms with Crippen LogP contribution < -0.4 is 21.7 Å². The van der Waals surface area contributed by atoms with E-state index in [0.29, 0.717) is 6.42 Å². The van der Waals surface area contributed by atoms with Crippen LogP contribution in [0.1, 0.15) is 19.4 Å². The fourth-order valence-electron chi connectivity index (χ4n) is 2.46. The molecule has 7 N–H and O–H groups in total. The summed E-state index contributed by atoms with van der Waals surface area (Å²) in [5.74, 6) is -3.57. The van der Waals surface area contributed by atoms with E-state index in [4.69, 9.17) is 15.9 Å². The van der Waals surface area contributed by atoms with Gasteiger partial charge in [-0.05, 0) is 17.9 Å². The summed E-state index contributed by atoms with van der Waals surface area (Å²) in [4.78, 5) is 47.3. The van der Waals surface area contributed by atoms with Crippen molar-refractivity contribution in [3.63, 3.8) is 0 Å². The van der Waals surface area contributed by atoms with Gasteiger partial charge >= 0.3 is 5.97 Å². The summed E-state index contributed by atoms with van der Waals surface area (Å²) in [5.41, 5.74) is 6.81. The molecular formula is C19H28N4O6. The van der Waals surface area contributed by atoms with Crippen molar-refractivity contribution in [1.82, 2.24) is 16.0 Å². The number of carboxylic acid groups (broad SMARTS) is 1. The van der Waals surface area contributed by atoms with E-state index in [1.807, 2.05) is 30.3 Å². The van der Waals surface area contributed by atoms with Crippen LogP contribution in [0.3, 0.4) is 0 Å². The molecule has 1 aromatic rings. The minimum atomic E-state index is -1.46. The molecule has 0 radical (unpaired) electrons. The molecule has 160 valence electrons. The topological polar surface area (TPSA) is 171 Å². The Morgan fingerprint density at radius 2 is 1.66 bits per heavy atom. The van der Waals surface area contributed by atoms with Gasteiger partial charge in [0.1, 0.15) is 12.1 Å². The van der Waals surface area contributed by atoms with Gasteiger partial charge in [0.15, 0.2) is 0 Å². The number of nitrogens with one attached hydrogen (secondary N) is 3. The van der Waals surface area contributed by atoms with E-state index in [1.165, 1.54) is 0 Å². The lowest BCUT2D eigenvalue weighted by Gasteiger charge is -2.23. The maximum atomic E-state index is 12.4. The number of amides is 3. The van der Waals surface area contributed by atoms with Crippen molar-refractivity contribution < 1.29 is 29.4 Å². The maximum absolute atomic E-state index is 12.4. The number of aliphatic carboxylic acids is 1. The van der Waals surface area contributed by atoms with Crippen LogP contribution in [0.4, 0.5) is 0 Å². The highest BCUT2D eigenvalue weighted by Gasteiger charge is 2.27. The van der Waals surface area contributed by atoms with Gasteiger partial charge in [-0.15, -0.1) is 0 Å². The standard InChI is InChI=1S/C19H28N4O6/c1-11(2)16(18(27)21-9-15(25)22-14(10-24)19(28)29)23-17(26)13(20)8-12-6-4-3-5-7-12/h3-7,11,13-14,16,24H,8-10,20H2,1-2H3,(H,21,27)(H,22,25)(H,23,26)(H,28,29). The minimum absolute atomic E-state index is 0.282. The van der Waals surface area contributed by atoms with Crippen molar-refractivity contribution in [3.8, 4) is 0 Å². The molecule has 1 rings (SSSR count). The second-order valence-corrected chi connectivity index (χ2v) is 6.89. The molecule has 0 fully saturated rings. The quantitative estimate of drug-likeness (QED) is 0.255. The number of benzene rings is 1. The van der Waals surface area contributed by atoms with E-state index in [9.17, 15) is 19.2 Å². The fraction of sp³-hybridized carbons (Fsp3) is 0.474. The van der Waals surface area contributed by atoms with Gasteiger partial charge in [0.05, 0.1) is 19.2 Å². The van der Waals surface area contributed by atoms with Crippen LogP contribution in [0.15, 0.2) is 30.3 Å². The third-order valence-electron chi connectivity index (χ3n) is 4.12. The Bertz CT molecular complexity index is 710. The molecule has 10 heteroatoms. The summed E-state index contributed by atoms with van der Waals surface area (Å²) >= 11 is 0. The van der Waals surface area contributed by atoms with Crippen LogP contribution >= 0.6 is 0 Å². The van der Waals surface area contributed by atoms with Gasteiger partial charge < -0.3 is 31.9 Å². The Hall–Kier alpha value is -2.98. The van der Waals surface area contributed by atoms with Gasteiger partial charge in [-0.1, -0.05) is 44.2 Å². The molecule has 0 aliphatic carbocycles. The van der Waals surface area contributed by atoms with Gasteiger partial charge in [0.25, 0.3) is 0 Å². The zero-order valence-electron chi connectivity index (χ0n) is 16.4. The van der Waals surface area contributed by atoms with E-state index >= 15 is 0 Å². The Morgan fingerprint density at radius 3 is 2.17 bits per heavy atom. The molecule has 3 amide bonds. The number of aliphatic hydroxyl groups excluding tert-OH is 1. The van der Waals surface area contributed by atoms with E-state index in [-0.39, 0.29) is 5.92 Å². The van der Waals surface area contributed by atoms with E-state index < -0.39 is 55.0 Å². The van der Waals surface area contributed by atoms with Crippen molar-refractivity contribution >= 4 is 23.7 Å². The van der Waals surface area contributed by atoms with Crippen molar-refractivity contribution in [2.45, 2.75) is 38.4 Å². The third-order valence-corrected chi connectivity index (χ3v) is 4.12. The van der Waals surface area contributed by atoms with Gasteiger partial charge in [0.2, 0.25) is 17.7 Å². The SMILES string of the molecule is CC(C)C(NC(=O)C(N)Cc1ccccc1)C(=O)NCC(=O)NC(CO)C(=O)O. The number of hydrogen-bond acceptors (Lipinski definition) is 6. The van der Waals surface area contributed by atoms with Gasteiger partial charge in [-0.2, -0.15) is 0 Å². The molecule has 10 nitrogen and oxygen atoms in total. The second-order valence-electron chi connectivity index (χ2n) is 6.89. The molecule has 0 saturated carbocycles. The van der Waals surface area contributed by atoms with Crippen molar-refractivity contribution in [2.75, 3.05) is 13.2 Å². The molecule has 0 saturated heterocycles. The normalized spacial score (nSPS) is 13.8. The molecule has 1 aromatic carbocycles. The number of carboxylic acids is 1. The Labute approximate surface area is 168 Å². The van der Waals surface area contributed by atoms with Crippen LogP contribution in [0.25, 0.3) is 0 Å². The van der Waals surface area contributed by atoms with E-state index in [1.54, 1.807) is 13.8 Å². The lowest BCUT2D eigenvalue weighted by Crippen LogP contribution is -2.55. The van der Waals surface area contributed by atoms with Gasteiger partial charge in [-0.25, -0.2) is 4.79 Å². The summed E-state index contributed by atoms with van der Waals surface area (Å²) in [6, 6.07) is 5.97. The summed E-state index contributed by atoms with van der Waals surface area (Å²) in [6.45, 7) is 2.16. The number of rotatable bonds is 11. The summed E-state index contributed by atoms with van der Waals surface area (Å²) in [6.07, 6.45) is 0.305. The fourth-order valence-corrected chi connectivity index (χ4v) is 2.46. The summed E-state index contributed by atoms with van der Waals surface area (Å²) in [5, 5.41) is 24.7. The molecule has 0 aromatic heterocycles. The first kappa shape index (κ1) is 24.1. The van der Waals surface area contributed by atoms with Crippen molar-refractivity contribution in [3.05, 3.63) is 35.9 Å². The monoisotopic (exact) mass is 408 g/mol. The number of aliphatic hydroxyl groups is 1. The predicted octanol–water partition coefficient (Wildman–Crippen LogP) is -1.62. The molecule has 0 aliphatic heterocycles. The Morgan fingerprint density at radius 1 is 1.03 bits per heavy atom. The highest BCUT2D eigenvalue weighted by molar-refractivity contribution is 5.92. The maximum Gasteiger partial charge on any atom is 0.328 e. The first-order valence-electron chi connectivity index (χ1n) is 9.16. The Balaban J connectivity index is 2.60. The first-order valence-corrected chi connectivity index (χ1v) is 9.16. The molecule has 3 unspecified atom stereocenters. The second kappa shape index (κ2) is 11.8. The van der Waals surface area contributed by atoms with E-state index in [0.717, 1.165) is 5.56 Å². The lowest BCUT2D eigenvalue weighted by molar-refractivity contribution is -0.142. The minimum Gasteiger partial charge on any atom is -0.480 e. The Kier molecular flexibility index (Phi) is 9.76. The number of carbonyl (C=O) groups is 4. The molecule has 0 spiro atoms. The molecule has 29 heavy (non-hydrogen) atoms. The van der Waals surface area contributed by atoms with Crippen molar-refractivity contribution in [2.24, 2.45) is 11.7 Å². The van der Waals surface area contributed by atoms with Crippen molar-refractivity contribution in [1.29, 1.82) is 0 Å². The van der Waals surface area contributed by atoms with Crippen LogP contribution in [0.5, 0.6) is 0 Å². The largest absolute Gasteiger partial charge is 0.480 e. The molecule has 3 atom stereocenters. The smallest absolute Gasteiger partial charge is 0.328 e. The number of hydrogen-bond donors (Lipinski definition) is 6. The average Bonchev–Trinajstić information content (AvgIpc) is 2.68. The predicted molar refractivity (Wildman–Crippen MR) is 105 cm³/mol. The average molecular weight is 408 g/mol. The molecule has 0 bridgehead atoms. The van der Waals surface area contributed by atoms with Crippen LogP contribution in [-0.4, -0.2) is 65.2 Å². The third kappa shape index (κ3) is 8.28. The van der Waals surface area contributed by atoms with Crippen LogP contribution in [-0.2, 0) is 25.6 Å². The highest BCUT2D eigenvalue weighted by Crippen LogP contribution is 2.05. The lowest BCUT2D eigenvalue weighted by atomic mass is 10.0. The van der Waals surface area contributed by atoms with Crippen LogP contribution in [0, 0.1) is 5.92 Å². The summed E-state index contributed by atoms with van der Waals surface area (Å²) in [7, 11) is 0. The van der Waals surface area contributed by atoms with Crippen LogP contribution in [0.2, 0.25) is 0 Å². The molecule has 0 heterocycles. The highest BCUT2D eigenvalue weighted by atomic mass is 16.4. The summed E-state index contributed by atoms with van der Waals surface area (Å²) < 4.78 is 0. The van der Waals surface area contributed by atoms with E-state index in [2.05, 4.69) is 16.0 Å². The van der Waals surface area contributed by atoms with Gasteiger partial charge in [0, 0.05) is 0 Å². The number of carbonyl (C=O) groups excluding carboxylic acids is 3.